The zero-order valence-corrected chi connectivity index (χ0v) is 26.4. The molecule has 5 rings (SSSR count). The highest BCUT2D eigenvalue weighted by atomic mass is 19.1. The van der Waals surface area contributed by atoms with Crippen LogP contribution in [0, 0.1) is 17.7 Å². The number of aliphatic hydroxyl groups is 1. The van der Waals surface area contributed by atoms with Crippen LogP contribution in [0.2, 0.25) is 0 Å². The van der Waals surface area contributed by atoms with Gasteiger partial charge in [-0.25, -0.2) is 9.37 Å². The van der Waals surface area contributed by atoms with E-state index in [2.05, 4.69) is 25.1 Å². The van der Waals surface area contributed by atoms with E-state index in [0.29, 0.717) is 30.7 Å². The first-order chi connectivity index (χ1) is 21.0. The number of pyridine rings is 1. The number of amidine groups is 1. The SMILES string of the molecule is CC(C)NC(=O)C1CCC(N2C(=NC(=O)c3cccc(F)c3)Cc3cnc(OCCN4CCC(C(C)(C)O)CC4)cc32)CC1. The van der Waals surface area contributed by atoms with Gasteiger partial charge in [-0.15, -0.1) is 0 Å². The van der Waals surface area contributed by atoms with Gasteiger partial charge in [0.25, 0.3) is 5.91 Å². The lowest BCUT2D eigenvalue weighted by Crippen LogP contribution is -2.44. The number of rotatable bonds is 9. The van der Waals surface area contributed by atoms with E-state index in [1.165, 1.54) is 18.2 Å². The fraction of sp³-hybridized carbons (Fsp3) is 0.588. The smallest absolute Gasteiger partial charge is 0.278 e. The summed E-state index contributed by atoms with van der Waals surface area (Å²) in [6.07, 6.45) is 7.22. The fourth-order valence-electron chi connectivity index (χ4n) is 6.73. The van der Waals surface area contributed by atoms with E-state index in [1.807, 2.05) is 33.8 Å². The lowest BCUT2D eigenvalue weighted by molar-refractivity contribution is -0.126. The van der Waals surface area contributed by atoms with Gasteiger partial charge in [0.2, 0.25) is 11.8 Å². The lowest BCUT2D eigenvalue weighted by atomic mass is 9.83. The molecular formula is C34H46FN5O4. The maximum Gasteiger partial charge on any atom is 0.278 e. The van der Waals surface area contributed by atoms with Gasteiger partial charge in [-0.1, -0.05) is 6.07 Å². The number of amides is 2. The molecule has 1 saturated heterocycles. The van der Waals surface area contributed by atoms with Crippen molar-refractivity contribution in [3.05, 3.63) is 53.5 Å². The van der Waals surface area contributed by atoms with Crippen molar-refractivity contribution in [3.63, 3.8) is 0 Å². The fourth-order valence-corrected chi connectivity index (χ4v) is 6.73. The summed E-state index contributed by atoms with van der Waals surface area (Å²) in [6, 6.07) is 7.69. The summed E-state index contributed by atoms with van der Waals surface area (Å²) in [5, 5.41) is 13.4. The molecule has 3 heterocycles. The molecule has 1 aliphatic carbocycles. The van der Waals surface area contributed by atoms with Crippen LogP contribution in [0.5, 0.6) is 5.88 Å². The van der Waals surface area contributed by atoms with E-state index in [0.717, 1.165) is 69.4 Å². The van der Waals surface area contributed by atoms with Crippen molar-refractivity contribution in [1.82, 2.24) is 15.2 Å². The summed E-state index contributed by atoms with van der Waals surface area (Å²) in [7, 11) is 0. The third-order valence-electron chi connectivity index (χ3n) is 9.23. The molecule has 1 aromatic heterocycles. The van der Waals surface area contributed by atoms with Crippen molar-refractivity contribution < 1.29 is 23.8 Å². The number of ether oxygens (including phenoxy) is 1. The molecule has 2 fully saturated rings. The Morgan fingerprint density at radius 3 is 2.52 bits per heavy atom. The Labute approximate surface area is 259 Å². The third-order valence-corrected chi connectivity index (χ3v) is 9.23. The molecule has 2 aliphatic heterocycles. The molecule has 9 nitrogen and oxygen atoms in total. The molecule has 0 spiro atoms. The monoisotopic (exact) mass is 607 g/mol. The zero-order chi connectivity index (χ0) is 31.4. The standard InChI is InChI=1S/C34H46FN5O4/c1-22(2)37-32(41)23-8-10-28(11-9-23)40-29-20-31(44-17-16-39-14-12-26(13-15-39)34(3,4)43)36-21-25(29)19-30(40)38-33(42)24-6-5-7-27(35)18-24/h5-7,18,20-23,26,28,43H,8-17,19H2,1-4H3,(H,37,41). The van der Waals surface area contributed by atoms with Gasteiger partial charge in [0, 0.05) is 54.4 Å². The molecular weight excluding hydrogens is 561 g/mol. The quantitative estimate of drug-likeness (QED) is 0.423. The van der Waals surface area contributed by atoms with Crippen molar-refractivity contribution >= 4 is 23.3 Å². The first-order valence-electron chi connectivity index (χ1n) is 16.0. The Balaban J connectivity index is 1.29. The Hall–Kier alpha value is -3.37. The second-order valence-corrected chi connectivity index (χ2v) is 13.3. The molecule has 44 heavy (non-hydrogen) atoms. The summed E-state index contributed by atoms with van der Waals surface area (Å²) >= 11 is 0. The predicted molar refractivity (Wildman–Crippen MR) is 169 cm³/mol. The van der Waals surface area contributed by atoms with E-state index >= 15 is 0 Å². The van der Waals surface area contributed by atoms with Gasteiger partial charge in [0.15, 0.2) is 0 Å². The number of benzene rings is 1. The Morgan fingerprint density at radius 2 is 1.86 bits per heavy atom. The second kappa shape index (κ2) is 13.7. The molecule has 10 heteroatoms. The summed E-state index contributed by atoms with van der Waals surface area (Å²) in [5.74, 6) is 0.538. The van der Waals surface area contributed by atoms with Gasteiger partial charge in [0.1, 0.15) is 18.3 Å². The molecule has 2 aromatic rings. The highest BCUT2D eigenvalue weighted by Gasteiger charge is 2.37. The van der Waals surface area contributed by atoms with Gasteiger partial charge in [0.05, 0.1) is 11.3 Å². The minimum absolute atomic E-state index is 0.0325. The van der Waals surface area contributed by atoms with Crippen LogP contribution in [-0.4, -0.2) is 76.6 Å². The number of carbonyl (C=O) groups is 2. The number of likely N-dealkylation sites (tertiary alicyclic amines) is 1. The van der Waals surface area contributed by atoms with Gasteiger partial charge in [-0.3, -0.25) is 14.5 Å². The van der Waals surface area contributed by atoms with E-state index < -0.39 is 17.3 Å². The summed E-state index contributed by atoms with van der Waals surface area (Å²) in [6.45, 7) is 10.9. The van der Waals surface area contributed by atoms with Gasteiger partial charge < -0.3 is 20.1 Å². The van der Waals surface area contributed by atoms with Crippen LogP contribution < -0.4 is 15.0 Å². The number of carbonyl (C=O) groups excluding carboxylic acids is 2. The number of anilines is 1. The summed E-state index contributed by atoms with van der Waals surface area (Å²) in [4.78, 5) is 39.3. The second-order valence-electron chi connectivity index (χ2n) is 13.3. The molecule has 0 atom stereocenters. The first kappa shape index (κ1) is 32.0. The van der Waals surface area contributed by atoms with Crippen LogP contribution in [0.4, 0.5) is 10.1 Å². The van der Waals surface area contributed by atoms with Crippen molar-refractivity contribution in [3.8, 4) is 5.88 Å². The molecule has 1 saturated carbocycles. The minimum Gasteiger partial charge on any atom is -0.476 e. The van der Waals surface area contributed by atoms with E-state index in [9.17, 15) is 19.1 Å². The van der Waals surface area contributed by atoms with Crippen LogP contribution in [0.3, 0.4) is 0 Å². The van der Waals surface area contributed by atoms with Crippen molar-refractivity contribution in [2.45, 2.75) is 90.3 Å². The minimum atomic E-state index is -0.646. The maximum absolute atomic E-state index is 13.9. The normalized spacial score (nSPS) is 22.3. The molecule has 0 radical (unpaired) electrons. The molecule has 2 N–H and O–H groups in total. The van der Waals surface area contributed by atoms with Gasteiger partial charge >= 0.3 is 0 Å². The first-order valence-corrected chi connectivity index (χ1v) is 16.0. The number of piperidine rings is 1. The van der Waals surface area contributed by atoms with E-state index in [-0.39, 0.29) is 29.5 Å². The van der Waals surface area contributed by atoms with Gasteiger partial charge in [-0.05, 0) is 103 Å². The zero-order valence-electron chi connectivity index (χ0n) is 26.4. The molecule has 0 bridgehead atoms. The molecule has 0 unspecified atom stereocenters. The Bertz CT molecular complexity index is 1360. The molecule has 2 amide bonds. The maximum atomic E-state index is 13.9. The average molecular weight is 608 g/mol. The van der Waals surface area contributed by atoms with Crippen LogP contribution in [0.15, 0.2) is 41.5 Å². The third kappa shape index (κ3) is 7.82. The van der Waals surface area contributed by atoms with Crippen molar-refractivity contribution in [2.75, 3.05) is 31.1 Å². The molecule has 1 aromatic carbocycles. The average Bonchev–Trinajstić information content (AvgIpc) is 3.33. The van der Waals surface area contributed by atoms with Crippen LogP contribution in [0.25, 0.3) is 0 Å². The van der Waals surface area contributed by atoms with Crippen LogP contribution in [-0.2, 0) is 11.2 Å². The number of hydrogen-bond acceptors (Lipinski definition) is 6. The van der Waals surface area contributed by atoms with Crippen molar-refractivity contribution in [1.29, 1.82) is 0 Å². The summed E-state index contributed by atoms with van der Waals surface area (Å²) in [5.41, 5.74) is 1.43. The van der Waals surface area contributed by atoms with E-state index in [1.54, 1.807) is 12.3 Å². The largest absolute Gasteiger partial charge is 0.476 e. The number of nitrogens with zero attached hydrogens (tertiary/aromatic N) is 4. The number of fused-ring (bicyclic) bond motifs is 1. The number of halogens is 1. The highest BCUT2D eigenvalue weighted by molar-refractivity contribution is 6.12. The molecule has 238 valence electrons. The number of aromatic nitrogens is 1. The number of hydrogen-bond donors (Lipinski definition) is 2. The van der Waals surface area contributed by atoms with Crippen LogP contribution in [0.1, 0.15) is 82.1 Å². The number of aliphatic imine (C=N–C) groups is 1. The highest BCUT2D eigenvalue weighted by Crippen LogP contribution is 2.38. The summed E-state index contributed by atoms with van der Waals surface area (Å²) < 4.78 is 20.0. The Kier molecular flexibility index (Phi) is 10.00. The van der Waals surface area contributed by atoms with Crippen LogP contribution >= 0.6 is 0 Å². The lowest BCUT2D eigenvalue weighted by Gasteiger charge is -2.37. The van der Waals surface area contributed by atoms with Crippen molar-refractivity contribution in [2.24, 2.45) is 16.8 Å². The molecule has 3 aliphatic rings. The predicted octanol–water partition coefficient (Wildman–Crippen LogP) is 4.77. The topological polar surface area (TPSA) is 107 Å². The van der Waals surface area contributed by atoms with E-state index in [4.69, 9.17) is 4.74 Å². The van der Waals surface area contributed by atoms with Gasteiger partial charge in [-0.2, -0.15) is 4.99 Å². The Morgan fingerprint density at radius 1 is 1.14 bits per heavy atom. The number of nitrogens with one attached hydrogen (secondary N) is 1.